The summed E-state index contributed by atoms with van der Waals surface area (Å²) in [6.45, 7) is 2.55. The molecule has 29 heavy (non-hydrogen) atoms. The van der Waals surface area contributed by atoms with Crippen molar-refractivity contribution in [3.05, 3.63) is 82.7 Å². The Morgan fingerprint density at radius 2 is 1.93 bits per heavy atom. The van der Waals surface area contributed by atoms with Crippen molar-refractivity contribution in [2.45, 2.75) is 39.2 Å². The Bertz CT molecular complexity index is 1190. The second-order valence-corrected chi connectivity index (χ2v) is 7.77. The molecule has 0 bridgehead atoms. The van der Waals surface area contributed by atoms with E-state index in [0.717, 1.165) is 40.6 Å². The first-order valence-corrected chi connectivity index (χ1v) is 10.1. The van der Waals surface area contributed by atoms with Crippen LogP contribution in [0.15, 0.2) is 59.2 Å². The van der Waals surface area contributed by atoms with E-state index in [9.17, 15) is 4.79 Å². The molecule has 1 aliphatic carbocycles. The number of hydrogen-bond donors (Lipinski definition) is 1. The number of aromatic nitrogens is 2. The molecular formula is C24H23N3O2. The van der Waals surface area contributed by atoms with E-state index < -0.39 is 0 Å². The number of carbonyl (C=O) groups is 1. The molecule has 0 saturated heterocycles. The highest BCUT2D eigenvalue weighted by atomic mass is 16.3. The van der Waals surface area contributed by atoms with Gasteiger partial charge in [-0.1, -0.05) is 30.3 Å². The fourth-order valence-corrected chi connectivity index (χ4v) is 4.17. The van der Waals surface area contributed by atoms with E-state index in [0.29, 0.717) is 12.4 Å². The van der Waals surface area contributed by atoms with Gasteiger partial charge in [-0.3, -0.25) is 4.79 Å². The molecule has 1 N–H and O–H groups in total. The van der Waals surface area contributed by atoms with Crippen molar-refractivity contribution in [3.63, 3.8) is 0 Å². The molecule has 0 fully saturated rings. The lowest BCUT2D eigenvalue weighted by Crippen LogP contribution is -2.17. The molecule has 0 atom stereocenters. The monoisotopic (exact) mass is 385 g/mol. The second kappa shape index (κ2) is 7.24. The summed E-state index contributed by atoms with van der Waals surface area (Å²) in [7, 11) is 0. The molecule has 0 saturated carbocycles. The average molecular weight is 385 g/mol. The Labute approximate surface area is 169 Å². The van der Waals surface area contributed by atoms with Crippen LogP contribution < -0.4 is 5.32 Å². The van der Waals surface area contributed by atoms with Crippen LogP contribution >= 0.6 is 0 Å². The van der Waals surface area contributed by atoms with Crippen LogP contribution in [0.5, 0.6) is 0 Å². The maximum absolute atomic E-state index is 12.8. The highest BCUT2D eigenvalue weighted by Crippen LogP contribution is 2.30. The summed E-state index contributed by atoms with van der Waals surface area (Å²) < 4.78 is 7.57. The standard InChI is InChI=1S/C24H23N3O2/c1-16-10-23(27(26-16)14-17-6-3-2-4-7-17)25-24(28)13-20-15-29-22-12-19-9-5-8-18(19)11-21(20)22/h2-4,6-7,10-12,15H,5,8-9,13-14H2,1H3,(H,25,28). The lowest BCUT2D eigenvalue weighted by atomic mass is 10.0. The highest BCUT2D eigenvalue weighted by molar-refractivity contribution is 5.95. The summed E-state index contributed by atoms with van der Waals surface area (Å²) in [6.07, 6.45) is 5.42. The highest BCUT2D eigenvalue weighted by Gasteiger charge is 2.17. The molecule has 0 unspecified atom stereocenters. The van der Waals surface area contributed by atoms with Crippen molar-refractivity contribution in [2.75, 3.05) is 5.32 Å². The number of fused-ring (bicyclic) bond motifs is 2. The SMILES string of the molecule is Cc1cc(NC(=O)Cc2coc3cc4c(cc23)CCC4)n(Cc2ccccc2)n1. The average Bonchev–Trinajstić information content (AvgIpc) is 3.40. The number of anilines is 1. The molecule has 5 nitrogen and oxygen atoms in total. The van der Waals surface area contributed by atoms with Crippen LogP contribution in [0.1, 0.15) is 34.4 Å². The first-order valence-electron chi connectivity index (χ1n) is 10.1. The van der Waals surface area contributed by atoms with Gasteiger partial charge in [0.15, 0.2) is 0 Å². The molecule has 2 heterocycles. The first-order chi connectivity index (χ1) is 14.2. The number of carbonyl (C=O) groups excluding carboxylic acids is 1. The minimum absolute atomic E-state index is 0.0672. The smallest absolute Gasteiger partial charge is 0.230 e. The van der Waals surface area contributed by atoms with Crippen LogP contribution in [0, 0.1) is 6.92 Å². The number of hydrogen-bond acceptors (Lipinski definition) is 3. The van der Waals surface area contributed by atoms with Crippen LogP contribution in [-0.2, 0) is 30.6 Å². The van der Waals surface area contributed by atoms with Gasteiger partial charge >= 0.3 is 0 Å². The largest absolute Gasteiger partial charge is 0.464 e. The molecule has 1 amide bonds. The molecule has 5 rings (SSSR count). The predicted molar refractivity (Wildman–Crippen MR) is 113 cm³/mol. The minimum Gasteiger partial charge on any atom is -0.464 e. The van der Waals surface area contributed by atoms with Gasteiger partial charge in [0.05, 0.1) is 24.9 Å². The first kappa shape index (κ1) is 17.7. The van der Waals surface area contributed by atoms with Gasteiger partial charge in [0.25, 0.3) is 0 Å². The molecule has 0 aliphatic heterocycles. The third-order valence-electron chi connectivity index (χ3n) is 5.56. The van der Waals surface area contributed by atoms with Gasteiger partial charge in [0.2, 0.25) is 5.91 Å². The van der Waals surface area contributed by atoms with Crippen molar-refractivity contribution in [1.82, 2.24) is 9.78 Å². The maximum Gasteiger partial charge on any atom is 0.230 e. The van der Waals surface area contributed by atoms with Crippen molar-refractivity contribution in [1.29, 1.82) is 0 Å². The summed E-state index contributed by atoms with van der Waals surface area (Å²) >= 11 is 0. The number of rotatable bonds is 5. The zero-order valence-corrected chi connectivity index (χ0v) is 16.4. The van der Waals surface area contributed by atoms with Gasteiger partial charge in [-0.05, 0) is 55.0 Å². The molecule has 0 spiro atoms. The normalized spacial score (nSPS) is 13.0. The van der Waals surface area contributed by atoms with Gasteiger partial charge in [-0.2, -0.15) is 5.10 Å². The molecule has 146 valence electrons. The molecule has 2 aromatic heterocycles. The van der Waals surface area contributed by atoms with E-state index >= 15 is 0 Å². The molecule has 4 aromatic rings. The van der Waals surface area contributed by atoms with Crippen LogP contribution in [0.4, 0.5) is 5.82 Å². The van der Waals surface area contributed by atoms with Crippen LogP contribution in [0.25, 0.3) is 11.0 Å². The Balaban J connectivity index is 1.35. The topological polar surface area (TPSA) is 60.1 Å². The second-order valence-electron chi connectivity index (χ2n) is 7.77. The van der Waals surface area contributed by atoms with E-state index in [-0.39, 0.29) is 12.3 Å². The molecule has 1 aliphatic rings. The van der Waals surface area contributed by atoms with Crippen molar-refractivity contribution >= 4 is 22.7 Å². The van der Waals surface area contributed by atoms with E-state index in [1.165, 1.54) is 17.5 Å². The van der Waals surface area contributed by atoms with Crippen LogP contribution in [0.2, 0.25) is 0 Å². The lowest BCUT2D eigenvalue weighted by Gasteiger charge is -2.09. The maximum atomic E-state index is 12.8. The van der Waals surface area contributed by atoms with Gasteiger partial charge in [0.1, 0.15) is 11.4 Å². The third kappa shape index (κ3) is 3.56. The van der Waals surface area contributed by atoms with Crippen LogP contribution in [-0.4, -0.2) is 15.7 Å². The van der Waals surface area contributed by atoms with Gasteiger partial charge < -0.3 is 9.73 Å². The van der Waals surface area contributed by atoms with E-state index in [1.807, 2.05) is 35.9 Å². The number of amides is 1. The third-order valence-corrected chi connectivity index (χ3v) is 5.56. The Morgan fingerprint density at radius 1 is 1.14 bits per heavy atom. The summed E-state index contributed by atoms with van der Waals surface area (Å²) in [5.74, 6) is 0.646. The Kier molecular flexibility index (Phi) is 4.43. The van der Waals surface area contributed by atoms with E-state index in [4.69, 9.17) is 4.42 Å². The van der Waals surface area contributed by atoms with E-state index in [1.54, 1.807) is 6.26 Å². The molecule has 0 radical (unpaired) electrons. The number of benzene rings is 2. The molecule has 2 aromatic carbocycles. The van der Waals surface area contributed by atoms with Gasteiger partial charge in [-0.15, -0.1) is 0 Å². The minimum atomic E-state index is -0.0672. The van der Waals surface area contributed by atoms with Crippen LogP contribution in [0.3, 0.4) is 0 Å². The number of aryl methyl sites for hydroxylation is 3. The Morgan fingerprint density at radius 3 is 2.76 bits per heavy atom. The van der Waals surface area contributed by atoms with E-state index in [2.05, 4.69) is 34.7 Å². The van der Waals surface area contributed by atoms with Crippen molar-refractivity contribution in [3.8, 4) is 0 Å². The molecular weight excluding hydrogens is 362 g/mol. The van der Waals surface area contributed by atoms with Gasteiger partial charge in [0, 0.05) is 17.0 Å². The number of nitrogens with zero attached hydrogens (tertiary/aromatic N) is 2. The quantitative estimate of drug-likeness (QED) is 0.544. The fraction of sp³-hybridized carbons (Fsp3) is 0.250. The van der Waals surface area contributed by atoms with Crippen molar-refractivity contribution < 1.29 is 9.21 Å². The molecule has 5 heteroatoms. The summed E-state index contributed by atoms with van der Waals surface area (Å²) in [6, 6.07) is 16.4. The zero-order chi connectivity index (χ0) is 19.8. The summed E-state index contributed by atoms with van der Waals surface area (Å²) in [5.41, 5.74) is 6.58. The number of furan rings is 1. The lowest BCUT2D eigenvalue weighted by molar-refractivity contribution is -0.115. The fourth-order valence-electron chi connectivity index (χ4n) is 4.17. The predicted octanol–water partition coefficient (Wildman–Crippen LogP) is 4.66. The zero-order valence-electron chi connectivity index (χ0n) is 16.4. The summed E-state index contributed by atoms with van der Waals surface area (Å²) in [4.78, 5) is 12.8. The summed E-state index contributed by atoms with van der Waals surface area (Å²) in [5, 5.41) is 8.61. The van der Waals surface area contributed by atoms with Gasteiger partial charge in [-0.25, -0.2) is 4.68 Å². The number of nitrogens with one attached hydrogen (secondary N) is 1. The Hall–Kier alpha value is -3.34. The van der Waals surface area contributed by atoms with Crippen molar-refractivity contribution in [2.24, 2.45) is 0 Å².